The van der Waals surface area contributed by atoms with Gasteiger partial charge < -0.3 is 4.74 Å². The summed E-state index contributed by atoms with van der Waals surface area (Å²) in [6, 6.07) is 58.8. The zero-order valence-corrected chi connectivity index (χ0v) is 29.9. The van der Waals surface area contributed by atoms with E-state index in [1.54, 1.807) is 0 Å². The Bertz CT molecular complexity index is 2900. The molecule has 0 aliphatic carbocycles. The fourth-order valence-corrected chi connectivity index (χ4v) is 13.5. The molecule has 0 saturated carbocycles. The molecular formula is C47H37N3OSi. The lowest BCUT2D eigenvalue weighted by atomic mass is 9.76. The molecule has 250 valence electrons. The van der Waals surface area contributed by atoms with Crippen LogP contribution in [0, 0.1) is 6.92 Å². The summed E-state index contributed by atoms with van der Waals surface area (Å²) in [6.07, 6.45) is 0. The minimum Gasteiger partial charge on any atom is -0.457 e. The maximum atomic E-state index is 8.98. The van der Waals surface area contributed by atoms with E-state index in [9.17, 15) is 0 Å². The predicted molar refractivity (Wildman–Crippen MR) is 217 cm³/mol. The number of fused-ring (bicyclic) bond motifs is 7. The summed E-state index contributed by atoms with van der Waals surface area (Å²) in [5.41, 5.74) is 6.34. The molecular weight excluding hydrogens is 651 g/mol. The van der Waals surface area contributed by atoms with Crippen LogP contribution in [0.5, 0.6) is 11.5 Å². The number of imidazole rings is 2. The Kier molecular flexibility index (Phi) is 6.05. The van der Waals surface area contributed by atoms with Crippen LogP contribution in [-0.2, 0) is 5.41 Å². The van der Waals surface area contributed by atoms with Crippen LogP contribution in [0.3, 0.4) is 0 Å². The number of benzene rings is 7. The number of aromatic nitrogens is 3. The van der Waals surface area contributed by atoms with E-state index in [4.69, 9.17) is 13.8 Å². The van der Waals surface area contributed by atoms with Crippen LogP contribution in [0.25, 0.3) is 33.5 Å². The molecule has 10 rings (SSSR count). The molecule has 0 fully saturated rings. The summed E-state index contributed by atoms with van der Waals surface area (Å²) >= 11 is 0. The maximum absolute atomic E-state index is 8.98. The first-order valence-electron chi connectivity index (χ1n) is 19.2. The molecule has 4 nitrogen and oxygen atoms in total. The van der Waals surface area contributed by atoms with E-state index in [0.717, 1.165) is 59.8 Å². The Hall–Kier alpha value is -6.17. The van der Waals surface area contributed by atoms with Crippen molar-refractivity contribution in [2.45, 2.75) is 26.1 Å². The van der Waals surface area contributed by atoms with E-state index in [1.165, 1.54) is 0 Å². The largest absolute Gasteiger partial charge is 0.457 e. The second-order valence-corrected chi connectivity index (χ2v) is 17.7. The normalized spacial score (nSPS) is 16.5. The van der Waals surface area contributed by atoms with Crippen LogP contribution in [0.2, 0.25) is 0 Å². The highest BCUT2D eigenvalue weighted by atomic mass is 28.3. The van der Waals surface area contributed by atoms with Crippen molar-refractivity contribution < 1.29 is 8.85 Å². The van der Waals surface area contributed by atoms with E-state index in [-0.39, 0.29) is 0 Å². The van der Waals surface area contributed by atoms with Gasteiger partial charge in [-0.1, -0.05) is 147 Å². The molecule has 3 heterocycles. The van der Waals surface area contributed by atoms with Crippen LogP contribution in [0.4, 0.5) is 0 Å². The van der Waals surface area contributed by atoms with Gasteiger partial charge in [0, 0.05) is 26.3 Å². The predicted octanol–water partition coefficient (Wildman–Crippen LogP) is 8.55. The van der Waals surface area contributed by atoms with Gasteiger partial charge in [-0.15, -0.1) is 0 Å². The van der Waals surface area contributed by atoms with Crippen molar-refractivity contribution in [3.63, 3.8) is 0 Å². The number of aryl methyl sites for hydroxylation is 1. The number of hydrogen-bond acceptors (Lipinski definition) is 2. The molecule has 9 aromatic rings. The fraction of sp³-hybridized carbons (Fsp3) is 0.0851. The highest BCUT2D eigenvalue weighted by Crippen LogP contribution is 2.47. The van der Waals surface area contributed by atoms with Gasteiger partial charge in [0.2, 0.25) is 5.78 Å². The minimum atomic E-state index is -3.29. The second-order valence-electron chi connectivity index (χ2n) is 14.0. The van der Waals surface area contributed by atoms with Crippen molar-refractivity contribution in [3.05, 3.63) is 187 Å². The third-order valence-corrected chi connectivity index (χ3v) is 15.8. The number of rotatable bonds is 5. The molecule has 1 atom stereocenters. The SMILES string of the molecule is [2H]C([2H])([2H])C1(C)c2ccccc2Oc2c1cccc2[Si](c1ccccc1)(c1ccccc1)c1cccc(-n2c3ccccc3n3c4cccc(C)c4nc23)c1. The number of para-hydroxylation sites is 5. The van der Waals surface area contributed by atoms with Crippen molar-refractivity contribution in [2.75, 3.05) is 0 Å². The Morgan fingerprint density at radius 3 is 2.00 bits per heavy atom. The van der Waals surface area contributed by atoms with Gasteiger partial charge in [0.25, 0.3) is 0 Å². The molecule has 0 saturated heterocycles. The Morgan fingerprint density at radius 2 is 1.23 bits per heavy atom. The second kappa shape index (κ2) is 11.4. The van der Waals surface area contributed by atoms with Crippen LogP contribution in [0.1, 0.15) is 34.6 Å². The minimum absolute atomic E-state index is 0.571. The van der Waals surface area contributed by atoms with Crippen molar-refractivity contribution in [1.29, 1.82) is 0 Å². The van der Waals surface area contributed by atoms with Crippen molar-refractivity contribution in [2.24, 2.45) is 0 Å². The molecule has 1 unspecified atom stereocenters. The molecule has 0 amide bonds. The van der Waals surface area contributed by atoms with Gasteiger partial charge in [-0.3, -0.25) is 8.97 Å². The number of hydrogen-bond donors (Lipinski definition) is 0. The first kappa shape index (κ1) is 27.5. The van der Waals surface area contributed by atoms with Gasteiger partial charge in [-0.05, 0) is 69.6 Å². The third-order valence-electron chi connectivity index (χ3n) is 11.0. The molecule has 1 aliphatic heterocycles. The summed E-state index contributed by atoms with van der Waals surface area (Å²) in [6.45, 7) is 1.61. The van der Waals surface area contributed by atoms with Crippen LogP contribution < -0.4 is 25.5 Å². The summed E-state index contributed by atoms with van der Waals surface area (Å²) in [4.78, 5) is 5.28. The standard InChI is InChI=1S/C47H37N3OSi/c1-32-17-14-28-41-44(32)48-46-49(39-26-11-12-27-40(39)50(41)46)33-18-15-23-36(31-33)52(34-19-6-4-7-20-34,35-21-8-5-9-22-35)43-30-16-25-38-45(43)51-42-29-13-10-24-37(42)47(38,2)3/h4-31H,1-3H3/i2D3. The van der Waals surface area contributed by atoms with E-state index < -0.39 is 20.3 Å². The first-order chi connectivity index (χ1) is 26.7. The highest BCUT2D eigenvalue weighted by molar-refractivity contribution is 7.20. The quantitative estimate of drug-likeness (QED) is 0.134. The molecule has 0 bridgehead atoms. The molecule has 2 aromatic heterocycles. The Labute approximate surface area is 308 Å². The molecule has 52 heavy (non-hydrogen) atoms. The van der Waals surface area contributed by atoms with Gasteiger partial charge >= 0.3 is 0 Å². The van der Waals surface area contributed by atoms with Gasteiger partial charge in [0.05, 0.1) is 22.1 Å². The Morgan fingerprint density at radius 1 is 0.615 bits per heavy atom. The topological polar surface area (TPSA) is 31.5 Å². The summed E-state index contributed by atoms with van der Waals surface area (Å²) in [5, 5.41) is 4.45. The van der Waals surface area contributed by atoms with Crippen molar-refractivity contribution in [3.8, 4) is 17.2 Å². The number of nitrogens with zero attached hydrogens (tertiary/aromatic N) is 3. The number of ether oxygens (including phenoxy) is 1. The lowest BCUT2D eigenvalue weighted by Gasteiger charge is -2.40. The summed E-state index contributed by atoms with van der Waals surface area (Å²) in [7, 11) is -3.29. The van der Waals surface area contributed by atoms with Gasteiger partial charge in [-0.25, -0.2) is 4.98 Å². The summed E-state index contributed by atoms with van der Waals surface area (Å²) in [5.74, 6) is 2.04. The maximum Gasteiger partial charge on any atom is 0.220 e. The van der Waals surface area contributed by atoms with Crippen LogP contribution in [-0.4, -0.2) is 22.0 Å². The van der Waals surface area contributed by atoms with E-state index in [0.29, 0.717) is 22.6 Å². The van der Waals surface area contributed by atoms with Crippen molar-refractivity contribution in [1.82, 2.24) is 14.0 Å². The van der Waals surface area contributed by atoms with Gasteiger partial charge in [0.1, 0.15) is 11.5 Å². The molecule has 0 N–H and O–H groups in total. The smallest absolute Gasteiger partial charge is 0.220 e. The molecule has 7 aromatic carbocycles. The average molecular weight is 691 g/mol. The van der Waals surface area contributed by atoms with Crippen LogP contribution >= 0.6 is 0 Å². The molecule has 0 radical (unpaired) electrons. The molecule has 0 spiro atoms. The van der Waals surface area contributed by atoms with E-state index in [2.05, 4.69) is 149 Å². The van der Waals surface area contributed by atoms with Gasteiger partial charge in [0.15, 0.2) is 8.07 Å². The van der Waals surface area contributed by atoms with E-state index in [1.807, 2.05) is 43.3 Å². The zero-order valence-electron chi connectivity index (χ0n) is 31.9. The van der Waals surface area contributed by atoms with Crippen LogP contribution in [0.15, 0.2) is 170 Å². The van der Waals surface area contributed by atoms with E-state index >= 15 is 0 Å². The fourth-order valence-electron chi connectivity index (χ4n) is 8.60. The monoisotopic (exact) mass is 690 g/mol. The highest BCUT2D eigenvalue weighted by Gasteiger charge is 2.46. The lowest BCUT2D eigenvalue weighted by Crippen LogP contribution is -2.75. The lowest BCUT2D eigenvalue weighted by molar-refractivity contribution is 0.421. The third kappa shape index (κ3) is 4.23. The molecule has 1 aliphatic rings. The first-order valence-corrected chi connectivity index (χ1v) is 19.7. The zero-order chi connectivity index (χ0) is 37.5. The summed E-state index contributed by atoms with van der Waals surface area (Å²) < 4.78 is 38.5. The van der Waals surface area contributed by atoms with Crippen molar-refractivity contribution >= 4 is 56.7 Å². The van der Waals surface area contributed by atoms with Gasteiger partial charge in [-0.2, -0.15) is 0 Å². The average Bonchev–Trinajstić information content (AvgIpc) is 3.75. The molecule has 5 heteroatoms. The Balaban J connectivity index is 1.32.